The third kappa shape index (κ3) is 5.17. The molecule has 5 nitrogen and oxygen atoms in total. The van der Waals surface area contributed by atoms with Crippen LogP contribution >= 0.6 is 0 Å². The number of aryl methyl sites for hydroxylation is 1. The number of carbonyl (C=O) groups is 2. The molecule has 5 heteroatoms. The molecule has 2 aromatic carbocycles. The summed E-state index contributed by atoms with van der Waals surface area (Å²) in [6.45, 7) is 3.36. The van der Waals surface area contributed by atoms with E-state index in [1.54, 1.807) is 12.1 Å². The number of nitrogens with one attached hydrogen (secondary N) is 1. The Hall–Kier alpha value is -2.66. The lowest BCUT2D eigenvalue weighted by Gasteiger charge is -2.31. The van der Waals surface area contributed by atoms with Gasteiger partial charge in [0.25, 0.3) is 5.91 Å². The third-order valence-electron chi connectivity index (χ3n) is 5.09. The summed E-state index contributed by atoms with van der Waals surface area (Å²) < 4.78 is 0. The number of nitrogens with two attached hydrogens (primary N) is 1. The maximum absolute atomic E-state index is 12.8. The normalized spacial score (nSPS) is 16.0. The van der Waals surface area contributed by atoms with Crippen molar-refractivity contribution in [1.29, 1.82) is 0 Å². The first-order valence-electron chi connectivity index (χ1n) is 9.49. The molecule has 1 heterocycles. The maximum atomic E-state index is 12.8. The van der Waals surface area contributed by atoms with E-state index in [1.807, 2.05) is 54.3 Å². The molecule has 0 spiro atoms. The molecule has 0 radical (unpaired) electrons. The fraction of sp³-hybridized carbons (Fsp3) is 0.364. The van der Waals surface area contributed by atoms with E-state index >= 15 is 0 Å². The Labute approximate surface area is 160 Å². The van der Waals surface area contributed by atoms with Gasteiger partial charge in [0.05, 0.1) is 12.5 Å². The number of likely N-dealkylation sites (tertiary alicyclic amines) is 1. The standard InChI is InChI=1S/C22H27N3O2/c1-16-7-9-18(10-8-16)22(27)24-20(17-5-3-2-4-6-17)15-21(26)25-13-11-19(23)12-14-25/h2-10,19-20H,11-15,23H2,1H3,(H,24,27). The minimum Gasteiger partial charge on any atom is -0.345 e. The summed E-state index contributed by atoms with van der Waals surface area (Å²) in [4.78, 5) is 27.3. The number of hydrogen-bond donors (Lipinski definition) is 2. The Morgan fingerprint density at radius 1 is 1.07 bits per heavy atom. The molecule has 0 aliphatic carbocycles. The summed E-state index contributed by atoms with van der Waals surface area (Å²) in [5.74, 6) is -0.114. The van der Waals surface area contributed by atoms with E-state index in [9.17, 15) is 9.59 Å². The summed E-state index contributed by atoms with van der Waals surface area (Å²) in [7, 11) is 0. The predicted octanol–water partition coefficient (Wildman–Crippen LogP) is 2.81. The van der Waals surface area contributed by atoms with Crippen LogP contribution in [-0.2, 0) is 4.79 Å². The fourth-order valence-electron chi connectivity index (χ4n) is 3.34. The first kappa shape index (κ1) is 19.1. The summed E-state index contributed by atoms with van der Waals surface area (Å²) >= 11 is 0. The monoisotopic (exact) mass is 365 g/mol. The number of hydrogen-bond acceptors (Lipinski definition) is 3. The van der Waals surface area contributed by atoms with Gasteiger partial charge in [-0.2, -0.15) is 0 Å². The van der Waals surface area contributed by atoms with Crippen LogP contribution in [0.1, 0.15) is 46.8 Å². The lowest BCUT2D eigenvalue weighted by Crippen LogP contribution is -2.44. The average molecular weight is 365 g/mol. The van der Waals surface area contributed by atoms with Gasteiger partial charge in [0.15, 0.2) is 0 Å². The molecule has 0 bridgehead atoms. The molecule has 2 aromatic rings. The first-order chi connectivity index (χ1) is 13.0. The number of carbonyl (C=O) groups excluding carboxylic acids is 2. The van der Waals surface area contributed by atoms with Gasteiger partial charge >= 0.3 is 0 Å². The Balaban J connectivity index is 1.72. The molecule has 3 N–H and O–H groups in total. The molecule has 0 saturated carbocycles. The van der Waals surface area contributed by atoms with E-state index in [0.29, 0.717) is 18.7 Å². The zero-order valence-electron chi connectivity index (χ0n) is 15.7. The van der Waals surface area contributed by atoms with Crippen molar-refractivity contribution in [2.75, 3.05) is 13.1 Å². The predicted molar refractivity (Wildman–Crippen MR) is 106 cm³/mol. The van der Waals surface area contributed by atoms with Crippen LogP contribution in [0.2, 0.25) is 0 Å². The van der Waals surface area contributed by atoms with Crippen molar-refractivity contribution < 1.29 is 9.59 Å². The van der Waals surface area contributed by atoms with Gasteiger partial charge in [0.2, 0.25) is 5.91 Å². The van der Waals surface area contributed by atoms with Crippen LogP contribution in [0.4, 0.5) is 0 Å². The van der Waals surface area contributed by atoms with Crippen LogP contribution in [-0.4, -0.2) is 35.8 Å². The molecule has 2 amide bonds. The van der Waals surface area contributed by atoms with Crippen LogP contribution in [0, 0.1) is 6.92 Å². The van der Waals surface area contributed by atoms with Gasteiger partial charge in [-0.05, 0) is 37.5 Å². The first-order valence-corrected chi connectivity index (χ1v) is 9.49. The van der Waals surface area contributed by atoms with Crippen molar-refractivity contribution in [1.82, 2.24) is 10.2 Å². The van der Waals surface area contributed by atoms with Crippen LogP contribution in [0.3, 0.4) is 0 Å². The topological polar surface area (TPSA) is 75.4 Å². The maximum Gasteiger partial charge on any atom is 0.251 e. The van der Waals surface area contributed by atoms with Gasteiger partial charge in [-0.3, -0.25) is 9.59 Å². The van der Waals surface area contributed by atoms with E-state index in [0.717, 1.165) is 24.0 Å². The van der Waals surface area contributed by atoms with E-state index in [4.69, 9.17) is 5.73 Å². The number of nitrogens with zero attached hydrogens (tertiary/aromatic N) is 1. The van der Waals surface area contributed by atoms with Gasteiger partial charge in [-0.25, -0.2) is 0 Å². The lowest BCUT2D eigenvalue weighted by molar-refractivity contribution is -0.132. The highest BCUT2D eigenvalue weighted by Gasteiger charge is 2.25. The summed E-state index contributed by atoms with van der Waals surface area (Å²) in [6, 6.07) is 16.9. The Morgan fingerprint density at radius 2 is 1.70 bits per heavy atom. The molecule has 1 atom stereocenters. The van der Waals surface area contributed by atoms with Crippen molar-refractivity contribution >= 4 is 11.8 Å². The van der Waals surface area contributed by atoms with E-state index in [2.05, 4.69) is 5.32 Å². The van der Waals surface area contributed by atoms with E-state index < -0.39 is 0 Å². The Bertz CT molecular complexity index is 766. The molecule has 3 rings (SSSR count). The number of rotatable bonds is 5. The van der Waals surface area contributed by atoms with Crippen molar-refractivity contribution in [2.24, 2.45) is 5.73 Å². The zero-order valence-corrected chi connectivity index (χ0v) is 15.7. The molecule has 1 aliphatic heterocycles. The second-order valence-electron chi connectivity index (χ2n) is 7.23. The highest BCUT2D eigenvalue weighted by atomic mass is 16.2. The largest absolute Gasteiger partial charge is 0.345 e. The van der Waals surface area contributed by atoms with Gasteiger partial charge in [-0.15, -0.1) is 0 Å². The highest BCUT2D eigenvalue weighted by Crippen LogP contribution is 2.20. The van der Waals surface area contributed by atoms with Crippen LogP contribution in [0.25, 0.3) is 0 Å². The SMILES string of the molecule is Cc1ccc(C(=O)NC(CC(=O)N2CCC(N)CC2)c2ccccc2)cc1. The summed E-state index contributed by atoms with van der Waals surface area (Å²) in [5.41, 5.74) is 8.56. The van der Waals surface area contributed by atoms with Gasteiger partial charge < -0.3 is 16.0 Å². The van der Waals surface area contributed by atoms with Crippen molar-refractivity contribution in [3.63, 3.8) is 0 Å². The fourth-order valence-corrected chi connectivity index (χ4v) is 3.34. The van der Waals surface area contributed by atoms with Crippen LogP contribution in [0.15, 0.2) is 54.6 Å². The van der Waals surface area contributed by atoms with Crippen molar-refractivity contribution in [3.05, 3.63) is 71.3 Å². The summed E-state index contributed by atoms with van der Waals surface area (Å²) in [6.07, 6.45) is 1.91. The van der Waals surface area contributed by atoms with Crippen molar-refractivity contribution in [3.8, 4) is 0 Å². The molecule has 27 heavy (non-hydrogen) atoms. The Morgan fingerprint density at radius 3 is 2.33 bits per heavy atom. The molecular formula is C22H27N3O2. The lowest BCUT2D eigenvalue weighted by atomic mass is 10.0. The molecular weight excluding hydrogens is 338 g/mol. The highest BCUT2D eigenvalue weighted by molar-refractivity contribution is 5.94. The second-order valence-corrected chi connectivity index (χ2v) is 7.23. The smallest absolute Gasteiger partial charge is 0.251 e. The Kier molecular flexibility index (Phi) is 6.24. The van der Waals surface area contributed by atoms with Crippen LogP contribution < -0.4 is 11.1 Å². The zero-order chi connectivity index (χ0) is 19.2. The number of benzene rings is 2. The quantitative estimate of drug-likeness (QED) is 0.855. The molecule has 1 fully saturated rings. The van der Waals surface area contributed by atoms with Gasteiger partial charge in [0, 0.05) is 24.7 Å². The van der Waals surface area contributed by atoms with Gasteiger partial charge in [-0.1, -0.05) is 48.0 Å². The molecule has 1 aliphatic rings. The van der Waals surface area contributed by atoms with E-state index in [1.165, 1.54) is 0 Å². The third-order valence-corrected chi connectivity index (χ3v) is 5.09. The minimum absolute atomic E-state index is 0.0555. The average Bonchev–Trinajstić information content (AvgIpc) is 2.69. The van der Waals surface area contributed by atoms with Crippen LogP contribution in [0.5, 0.6) is 0 Å². The molecule has 1 saturated heterocycles. The number of piperidine rings is 1. The minimum atomic E-state index is -0.358. The summed E-state index contributed by atoms with van der Waals surface area (Å²) in [5, 5.41) is 3.04. The molecule has 1 unspecified atom stereocenters. The van der Waals surface area contributed by atoms with Gasteiger partial charge in [0.1, 0.15) is 0 Å². The second kappa shape index (κ2) is 8.82. The molecule has 142 valence electrons. The number of amides is 2. The van der Waals surface area contributed by atoms with Crippen molar-refractivity contribution in [2.45, 2.75) is 38.3 Å². The molecule has 0 aromatic heterocycles. The van der Waals surface area contributed by atoms with E-state index in [-0.39, 0.29) is 30.3 Å².